The van der Waals surface area contributed by atoms with Crippen LogP contribution in [0.3, 0.4) is 0 Å². The number of carboxylic acids is 3. The van der Waals surface area contributed by atoms with Crippen molar-refractivity contribution >= 4 is 47.4 Å². The van der Waals surface area contributed by atoms with Crippen LogP contribution in [0.4, 0.5) is 0 Å². The Labute approximate surface area is 176 Å². The summed E-state index contributed by atoms with van der Waals surface area (Å²) in [6.45, 7) is 1.30. The van der Waals surface area contributed by atoms with Gasteiger partial charge in [-0.25, -0.2) is 4.79 Å². The molecule has 8 N–H and O–H groups in total. The van der Waals surface area contributed by atoms with Crippen LogP contribution < -0.4 is 21.7 Å². The van der Waals surface area contributed by atoms with E-state index in [9.17, 15) is 33.9 Å². The van der Waals surface area contributed by atoms with Gasteiger partial charge >= 0.3 is 17.9 Å². The van der Waals surface area contributed by atoms with Gasteiger partial charge in [-0.15, -0.1) is 0 Å². The number of nitrogens with two attached hydrogens (primary N) is 1. The molecule has 14 heteroatoms. The van der Waals surface area contributed by atoms with Gasteiger partial charge in [-0.05, 0) is 25.4 Å². The molecule has 0 heterocycles. The highest BCUT2D eigenvalue weighted by atomic mass is 32.2. The molecule has 0 aromatic carbocycles. The highest BCUT2D eigenvalue weighted by molar-refractivity contribution is 7.98. The zero-order valence-corrected chi connectivity index (χ0v) is 17.2. The monoisotopic (exact) mass is 450 g/mol. The van der Waals surface area contributed by atoms with E-state index < -0.39 is 72.6 Å². The van der Waals surface area contributed by atoms with Crippen LogP contribution in [0.25, 0.3) is 0 Å². The van der Waals surface area contributed by atoms with Gasteiger partial charge in [-0.2, -0.15) is 11.8 Å². The average molecular weight is 450 g/mol. The number of thioether (sulfide) groups is 1. The van der Waals surface area contributed by atoms with Crippen LogP contribution >= 0.6 is 11.8 Å². The van der Waals surface area contributed by atoms with Crippen LogP contribution in [0.5, 0.6) is 0 Å². The lowest BCUT2D eigenvalue weighted by Gasteiger charge is -2.23. The predicted molar refractivity (Wildman–Crippen MR) is 105 cm³/mol. The summed E-state index contributed by atoms with van der Waals surface area (Å²) < 4.78 is 0. The average Bonchev–Trinajstić information content (AvgIpc) is 2.62. The second-order valence-corrected chi connectivity index (χ2v) is 7.27. The van der Waals surface area contributed by atoms with Crippen molar-refractivity contribution in [2.45, 2.75) is 50.4 Å². The number of carbonyl (C=O) groups is 6. The number of aliphatic carboxylic acids is 3. The topological polar surface area (TPSA) is 225 Å². The molecular weight excluding hydrogens is 424 g/mol. The predicted octanol–water partition coefficient (Wildman–Crippen LogP) is -2.42. The standard InChI is InChI=1S/C16H26N4O9S/c1-7(17)13(25)19-9(5-11(21)22)15(27)20-10(6-12(23)24)14(26)18-8(16(28)29)3-4-30-2/h7-10H,3-6,17H2,1-2H3,(H,18,26)(H,19,25)(H,20,27)(H,21,22)(H,23,24)(H,28,29)/t7-,8-,9-,10-/m0/s1. The van der Waals surface area contributed by atoms with E-state index in [4.69, 9.17) is 15.9 Å². The summed E-state index contributed by atoms with van der Waals surface area (Å²) in [5.74, 6) is -6.90. The molecule has 0 aliphatic heterocycles. The quantitative estimate of drug-likeness (QED) is 0.147. The molecule has 0 aromatic heterocycles. The number of carboxylic acid groups (broad SMARTS) is 3. The fourth-order valence-electron chi connectivity index (χ4n) is 2.11. The maximum absolute atomic E-state index is 12.4. The van der Waals surface area contributed by atoms with Gasteiger partial charge < -0.3 is 37.0 Å². The number of amides is 3. The third-order valence-electron chi connectivity index (χ3n) is 3.66. The SMILES string of the molecule is CSCC[C@H](NC(=O)[C@H](CC(=O)O)NC(=O)[C@H](CC(=O)O)NC(=O)[C@H](C)N)C(=O)O. The largest absolute Gasteiger partial charge is 0.481 e. The van der Waals surface area contributed by atoms with Crippen LogP contribution in [-0.4, -0.2) is 87.1 Å². The Kier molecular flexibility index (Phi) is 12.1. The van der Waals surface area contributed by atoms with Gasteiger partial charge in [-0.1, -0.05) is 0 Å². The fourth-order valence-corrected chi connectivity index (χ4v) is 2.58. The van der Waals surface area contributed by atoms with Crippen molar-refractivity contribution < 1.29 is 44.1 Å². The molecule has 0 radical (unpaired) electrons. The van der Waals surface area contributed by atoms with Crippen molar-refractivity contribution in [1.82, 2.24) is 16.0 Å². The smallest absolute Gasteiger partial charge is 0.326 e. The van der Waals surface area contributed by atoms with Crippen LogP contribution in [0.1, 0.15) is 26.2 Å². The molecule has 0 aromatic rings. The molecule has 13 nitrogen and oxygen atoms in total. The molecule has 0 aliphatic rings. The number of hydrogen-bond acceptors (Lipinski definition) is 8. The summed E-state index contributed by atoms with van der Waals surface area (Å²) >= 11 is 1.34. The van der Waals surface area contributed by atoms with Gasteiger partial charge in [0.05, 0.1) is 18.9 Å². The van der Waals surface area contributed by atoms with Crippen molar-refractivity contribution in [2.24, 2.45) is 5.73 Å². The highest BCUT2D eigenvalue weighted by Gasteiger charge is 2.32. The normalized spacial score (nSPS) is 14.5. The Bertz CT molecular complexity index is 671. The minimum atomic E-state index is -1.70. The molecular formula is C16H26N4O9S. The molecule has 0 rings (SSSR count). The third-order valence-corrected chi connectivity index (χ3v) is 4.31. The van der Waals surface area contributed by atoms with E-state index in [0.29, 0.717) is 5.75 Å². The van der Waals surface area contributed by atoms with Crippen molar-refractivity contribution in [3.8, 4) is 0 Å². The summed E-state index contributed by atoms with van der Waals surface area (Å²) in [5, 5.41) is 33.4. The van der Waals surface area contributed by atoms with Crippen LogP contribution in [0.2, 0.25) is 0 Å². The maximum atomic E-state index is 12.4. The molecule has 4 atom stereocenters. The van der Waals surface area contributed by atoms with Gasteiger partial charge in [-0.3, -0.25) is 24.0 Å². The molecule has 170 valence electrons. The molecule has 30 heavy (non-hydrogen) atoms. The minimum Gasteiger partial charge on any atom is -0.481 e. The summed E-state index contributed by atoms with van der Waals surface area (Å²) in [6.07, 6.45) is 0.0416. The van der Waals surface area contributed by atoms with E-state index in [1.54, 1.807) is 6.26 Å². The van der Waals surface area contributed by atoms with E-state index in [1.807, 2.05) is 5.32 Å². The first-order valence-corrected chi connectivity index (χ1v) is 10.1. The summed E-state index contributed by atoms with van der Waals surface area (Å²) in [7, 11) is 0. The number of hydrogen-bond donors (Lipinski definition) is 7. The highest BCUT2D eigenvalue weighted by Crippen LogP contribution is 2.04. The molecule has 0 aliphatic carbocycles. The molecule has 0 saturated carbocycles. The van der Waals surface area contributed by atoms with Gasteiger partial charge in [0, 0.05) is 0 Å². The lowest BCUT2D eigenvalue weighted by molar-refractivity contribution is -0.145. The first-order chi connectivity index (χ1) is 13.9. The van der Waals surface area contributed by atoms with Gasteiger partial charge in [0.1, 0.15) is 18.1 Å². The van der Waals surface area contributed by atoms with E-state index in [0.717, 1.165) is 0 Å². The van der Waals surface area contributed by atoms with E-state index in [-0.39, 0.29) is 6.42 Å². The second-order valence-electron chi connectivity index (χ2n) is 6.29. The van der Waals surface area contributed by atoms with E-state index >= 15 is 0 Å². The minimum absolute atomic E-state index is 0.0576. The number of nitrogens with one attached hydrogen (secondary N) is 3. The van der Waals surface area contributed by atoms with Crippen LogP contribution in [0.15, 0.2) is 0 Å². The Balaban J connectivity index is 5.42. The summed E-state index contributed by atoms with van der Waals surface area (Å²) in [6, 6.07) is -5.70. The molecule has 0 bridgehead atoms. The second kappa shape index (κ2) is 13.4. The Morgan fingerprint density at radius 3 is 1.53 bits per heavy atom. The zero-order valence-electron chi connectivity index (χ0n) is 16.4. The molecule has 0 spiro atoms. The van der Waals surface area contributed by atoms with Crippen molar-refractivity contribution in [3.05, 3.63) is 0 Å². The molecule has 3 amide bonds. The molecule has 0 saturated heterocycles. The summed E-state index contributed by atoms with van der Waals surface area (Å²) in [5.41, 5.74) is 5.36. The van der Waals surface area contributed by atoms with Crippen molar-refractivity contribution in [1.29, 1.82) is 0 Å². The zero-order chi connectivity index (χ0) is 23.4. The Morgan fingerprint density at radius 2 is 1.20 bits per heavy atom. The lowest BCUT2D eigenvalue weighted by atomic mass is 10.1. The molecule has 0 fully saturated rings. The first-order valence-electron chi connectivity index (χ1n) is 8.71. The lowest BCUT2D eigenvalue weighted by Crippen LogP contribution is -2.57. The Hall–Kier alpha value is -2.87. The van der Waals surface area contributed by atoms with E-state index in [1.165, 1.54) is 18.7 Å². The molecule has 0 unspecified atom stereocenters. The number of rotatable bonds is 14. The summed E-state index contributed by atoms with van der Waals surface area (Å²) in [4.78, 5) is 69.8. The number of carbonyl (C=O) groups excluding carboxylic acids is 3. The van der Waals surface area contributed by atoms with Crippen molar-refractivity contribution in [3.63, 3.8) is 0 Å². The first kappa shape index (κ1) is 27.1. The maximum Gasteiger partial charge on any atom is 0.326 e. The van der Waals surface area contributed by atoms with Gasteiger partial charge in [0.15, 0.2) is 0 Å². The Morgan fingerprint density at radius 1 is 0.800 bits per heavy atom. The van der Waals surface area contributed by atoms with Gasteiger partial charge in [0.2, 0.25) is 17.7 Å². The fraction of sp³-hybridized carbons (Fsp3) is 0.625. The van der Waals surface area contributed by atoms with Crippen molar-refractivity contribution in [2.75, 3.05) is 12.0 Å². The van der Waals surface area contributed by atoms with Gasteiger partial charge in [0.25, 0.3) is 0 Å². The van der Waals surface area contributed by atoms with Crippen LogP contribution in [-0.2, 0) is 28.8 Å². The van der Waals surface area contributed by atoms with E-state index in [2.05, 4.69) is 10.6 Å². The van der Waals surface area contributed by atoms with Crippen LogP contribution in [0, 0.1) is 0 Å². The third kappa shape index (κ3) is 10.6.